The highest BCUT2D eigenvalue weighted by Crippen LogP contribution is 2.54. The van der Waals surface area contributed by atoms with Crippen molar-refractivity contribution in [3.05, 3.63) is 35.0 Å². The van der Waals surface area contributed by atoms with Gasteiger partial charge in [0, 0.05) is 29.4 Å². The van der Waals surface area contributed by atoms with Gasteiger partial charge >= 0.3 is 0 Å². The smallest absolute Gasteiger partial charge is 0.265 e. The maximum Gasteiger partial charge on any atom is 0.265 e. The number of aromatic nitrogens is 1. The van der Waals surface area contributed by atoms with Crippen LogP contribution in [-0.4, -0.2) is 16.9 Å². The highest BCUT2D eigenvalue weighted by atomic mass is 16.6. The van der Waals surface area contributed by atoms with Crippen LogP contribution >= 0.6 is 0 Å². The van der Waals surface area contributed by atoms with Crippen LogP contribution in [0.2, 0.25) is 0 Å². The number of nitrogens with zero attached hydrogens (tertiary/aromatic N) is 1. The number of hydrogen-bond acceptors (Lipinski definition) is 3. The minimum Gasteiger partial charge on any atom is -0.485 e. The Balaban J connectivity index is 2.02. The average molecular weight is 272 g/mol. The number of benzene rings is 1. The summed E-state index contributed by atoms with van der Waals surface area (Å²) in [6, 6.07) is 5.98. The van der Waals surface area contributed by atoms with Crippen LogP contribution in [0, 0.1) is 13.8 Å². The molecule has 0 aliphatic carbocycles. The number of ether oxygens (including phenoxy) is 2. The molecule has 0 spiro atoms. The van der Waals surface area contributed by atoms with Crippen molar-refractivity contribution in [3.63, 3.8) is 0 Å². The van der Waals surface area contributed by atoms with Gasteiger partial charge < -0.3 is 9.47 Å². The van der Waals surface area contributed by atoms with E-state index in [1.165, 1.54) is 4.73 Å². The van der Waals surface area contributed by atoms with Crippen molar-refractivity contribution in [1.82, 2.24) is 0 Å². The van der Waals surface area contributed by atoms with Crippen molar-refractivity contribution in [3.8, 4) is 5.75 Å². The molecule has 2 aromatic rings. The lowest BCUT2D eigenvalue weighted by molar-refractivity contribution is -0.888. The van der Waals surface area contributed by atoms with Gasteiger partial charge in [-0.1, -0.05) is 0 Å². The van der Waals surface area contributed by atoms with E-state index in [2.05, 4.69) is 13.8 Å². The number of hydrogen-bond donors (Lipinski definition) is 1. The molecule has 20 heavy (non-hydrogen) atoms. The third-order valence-electron chi connectivity index (χ3n) is 4.40. The first kappa shape index (κ1) is 12.0. The second-order valence-corrected chi connectivity index (χ2v) is 6.37. The van der Waals surface area contributed by atoms with Crippen molar-refractivity contribution in [2.45, 2.75) is 45.5 Å². The molecular weight excluding hydrogens is 254 g/mol. The molecular formula is C16H18NO3+. The number of rotatable bonds is 0. The Labute approximate surface area is 117 Å². The summed E-state index contributed by atoms with van der Waals surface area (Å²) in [5.74, 6) is 0.869. The van der Waals surface area contributed by atoms with Gasteiger partial charge in [-0.2, -0.15) is 0 Å². The van der Waals surface area contributed by atoms with Gasteiger partial charge in [-0.05, 0) is 32.4 Å². The molecule has 104 valence electrons. The molecule has 0 amide bonds. The number of pyridine rings is 1. The van der Waals surface area contributed by atoms with Crippen LogP contribution in [-0.2, 0) is 4.74 Å². The van der Waals surface area contributed by atoms with Crippen molar-refractivity contribution < 1.29 is 19.4 Å². The number of epoxide rings is 1. The molecule has 1 aromatic heterocycles. The average Bonchev–Trinajstić information content (AvgIpc) is 3.16. The minimum atomic E-state index is -0.293. The summed E-state index contributed by atoms with van der Waals surface area (Å²) in [4.78, 5) is 0. The van der Waals surface area contributed by atoms with Gasteiger partial charge in [0.1, 0.15) is 23.6 Å². The molecule has 0 radical (unpaired) electrons. The van der Waals surface area contributed by atoms with E-state index in [4.69, 9.17) is 9.47 Å². The largest absolute Gasteiger partial charge is 0.485 e. The second-order valence-electron chi connectivity index (χ2n) is 6.37. The molecule has 4 nitrogen and oxygen atoms in total. The fraction of sp³-hybridized carbons (Fsp3) is 0.438. The van der Waals surface area contributed by atoms with Gasteiger partial charge in [0.15, 0.2) is 0 Å². The first-order valence-electron chi connectivity index (χ1n) is 6.92. The fourth-order valence-electron chi connectivity index (χ4n) is 3.25. The van der Waals surface area contributed by atoms with Crippen LogP contribution in [0.4, 0.5) is 0 Å². The van der Waals surface area contributed by atoms with Crippen molar-refractivity contribution in [2.24, 2.45) is 0 Å². The summed E-state index contributed by atoms with van der Waals surface area (Å²) in [5.41, 5.74) is 3.50. The Morgan fingerprint density at radius 3 is 2.70 bits per heavy atom. The monoisotopic (exact) mass is 272 g/mol. The zero-order chi connectivity index (χ0) is 14.2. The van der Waals surface area contributed by atoms with E-state index in [1.54, 1.807) is 0 Å². The van der Waals surface area contributed by atoms with Gasteiger partial charge in [-0.3, -0.25) is 5.21 Å². The fourth-order valence-corrected chi connectivity index (χ4v) is 3.25. The van der Waals surface area contributed by atoms with E-state index in [0.29, 0.717) is 0 Å². The Kier molecular flexibility index (Phi) is 2.06. The summed E-state index contributed by atoms with van der Waals surface area (Å²) in [7, 11) is 0. The summed E-state index contributed by atoms with van der Waals surface area (Å²) >= 11 is 0. The molecule has 1 fully saturated rings. The van der Waals surface area contributed by atoms with Crippen LogP contribution in [0.5, 0.6) is 5.75 Å². The van der Waals surface area contributed by atoms with E-state index < -0.39 is 0 Å². The quantitative estimate of drug-likeness (QED) is 0.455. The predicted octanol–water partition coefficient (Wildman–Crippen LogP) is 2.59. The van der Waals surface area contributed by atoms with Gasteiger partial charge in [0.25, 0.3) is 5.52 Å². The van der Waals surface area contributed by atoms with Crippen LogP contribution < -0.4 is 9.47 Å². The van der Waals surface area contributed by atoms with Gasteiger partial charge in [-0.15, -0.1) is 0 Å². The SMILES string of the molecule is Cc1cc(C)[n+](O)c2cc3c(cc12)OC(C)(C)C1OC31. The van der Waals surface area contributed by atoms with E-state index in [1.807, 2.05) is 32.0 Å². The summed E-state index contributed by atoms with van der Waals surface area (Å²) in [6.45, 7) is 8.05. The highest BCUT2D eigenvalue weighted by Gasteiger charge is 2.57. The molecule has 0 saturated carbocycles. The molecule has 4 rings (SSSR count). The minimum absolute atomic E-state index is 0.0963. The Bertz CT molecular complexity index is 751. The molecule has 2 aliphatic heterocycles. The zero-order valence-corrected chi connectivity index (χ0v) is 12.1. The standard InChI is InChI=1S/C16H18NO3/c1-8-5-9(2)17(18)12-6-11-13(7-10(8)12)20-16(3,4)15-14(11)19-15/h5-7,14-15,18H,1-4H3/q+1. The van der Waals surface area contributed by atoms with Gasteiger partial charge in [0.05, 0.1) is 5.39 Å². The molecule has 1 aromatic carbocycles. The number of fused-ring (bicyclic) bond motifs is 4. The first-order chi connectivity index (χ1) is 9.38. The van der Waals surface area contributed by atoms with Gasteiger partial charge in [0.2, 0.25) is 5.69 Å². The van der Waals surface area contributed by atoms with Crippen LogP contribution in [0.25, 0.3) is 10.9 Å². The molecule has 2 unspecified atom stereocenters. The zero-order valence-electron chi connectivity index (χ0n) is 12.1. The van der Waals surface area contributed by atoms with Crippen LogP contribution in [0.15, 0.2) is 18.2 Å². The second kappa shape index (κ2) is 3.44. The Morgan fingerprint density at radius 2 is 1.95 bits per heavy atom. The molecule has 0 bridgehead atoms. The molecule has 2 aliphatic rings. The number of aryl methyl sites for hydroxylation is 2. The van der Waals surface area contributed by atoms with Crippen molar-refractivity contribution in [2.75, 3.05) is 0 Å². The lowest BCUT2D eigenvalue weighted by Gasteiger charge is -2.29. The normalized spacial score (nSPS) is 25.8. The van der Waals surface area contributed by atoms with Gasteiger partial charge in [-0.25, -0.2) is 0 Å². The van der Waals surface area contributed by atoms with E-state index >= 15 is 0 Å². The maximum atomic E-state index is 10.2. The van der Waals surface area contributed by atoms with E-state index in [0.717, 1.165) is 33.5 Å². The van der Waals surface area contributed by atoms with E-state index in [9.17, 15) is 5.21 Å². The Morgan fingerprint density at radius 1 is 1.20 bits per heavy atom. The van der Waals surface area contributed by atoms with Crippen LogP contribution in [0.1, 0.15) is 36.8 Å². The predicted molar refractivity (Wildman–Crippen MR) is 73.1 cm³/mol. The maximum absolute atomic E-state index is 10.2. The van der Waals surface area contributed by atoms with Crippen LogP contribution in [0.3, 0.4) is 0 Å². The topological polar surface area (TPSA) is 45.9 Å². The molecule has 1 saturated heterocycles. The first-order valence-corrected chi connectivity index (χ1v) is 6.92. The lowest BCUT2D eigenvalue weighted by Crippen LogP contribution is -2.38. The molecule has 1 N–H and O–H groups in total. The molecule has 4 heteroatoms. The Hall–Kier alpha value is -1.81. The van der Waals surface area contributed by atoms with Crippen molar-refractivity contribution >= 4 is 10.9 Å². The van der Waals surface area contributed by atoms with Crippen molar-refractivity contribution in [1.29, 1.82) is 0 Å². The highest BCUT2D eigenvalue weighted by molar-refractivity contribution is 5.82. The summed E-state index contributed by atoms with van der Waals surface area (Å²) in [5, 5.41) is 11.2. The summed E-state index contributed by atoms with van der Waals surface area (Å²) < 4.78 is 13.1. The third-order valence-corrected chi connectivity index (χ3v) is 4.40. The van der Waals surface area contributed by atoms with E-state index in [-0.39, 0.29) is 17.8 Å². The third kappa shape index (κ3) is 1.43. The lowest BCUT2D eigenvalue weighted by atomic mass is 9.93. The summed E-state index contributed by atoms with van der Waals surface area (Å²) in [6.07, 6.45) is 0.212. The molecule has 2 atom stereocenters. The molecule has 3 heterocycles.